The zero-order valence-electron chi connectivity index (χ0n) is 11.7. The van der Waals surface area contributed by atoms with E-state index in [0.717, 1.165) is 22.7 Å². The number of anilines is 1. The van der Waals surface area contributed by atoms with Gasteiger partial charge in [-0.1, -0.05) is 65.2 Å². The number of nitrogens with one attached hydrogen (secondary N) is 1. The first kappa shape index (κ1) is 14.4. The van der Waals surface area contributed by atoms with Crippen LogP contribution in [0.1, 0.15) is 29.5 Å². The average Bonchev–Trinajstić information content (AvgIpc) is 2.97. The molecule has 1 nitrogen and oxygen atoms in total. The quantitative estimate of drug-likeness (QED) is 0.581. The second kappa shape index (κ2) is 5.49. The summed E-state index contributed by atoms with van der Waals surface area (Å²) in [6, 6.07) is 11.9. The summed E-state index contributed by atoms with van der Waals surface area (Å²) < 4.78 is 0. The summed E-state index contributed by atoms with van der Waals surface area (Å²) in [5.74, 6) is 0.830. The van der Waals surface area contributed by atoms with Crippen molar-refractivity contribution in [1.29, 1.82) is 0 Å². The molecule has 0 aromatic heterocycles. The first-order valence-corrected chi connectivity index (χ1v) is 8.45. The highest BCUT2D eigenvalue weighted by Gasteiger charge is 2.39. The van der Waals surface area contributed by atoms with Gasteiger partial charge in [0.25, 0.3) is 0 Å². The molecule has 4 heteroatoms. The van der Waals surface area contributed by atoms with Gasteiger partial charge in [-0.2, -0.15) is 0 Å². The number of para-hydroxylation sites is 1. The molecule has 2 aromatic rings. The first-order chi connectivity index (χ1) is 10.6. The number of allylic oxidation sites excluding steroid dienone is 2. The lowest BCUT2D eigenvalue weighted by molar-refractivity contribution is 0.426. The molecule has 0 amide bonds. The highest BCUT2D eigenvalue weighted by Crippen LogP contribution is 2.52. The summed E-state index contributed by atoms with van der Waals surface area (Å²) in [6.45, 7) is 0. The molecule has 1 heterocycles. The van der Waals surface area contributed by atoms with Crippen molar-refractivity contribution in [1.82, 2.24) is 0 Å². The van der Waals surface area contributed by atoms with E-state index in [-0.39, 0.29) is 6.04 Å². The van der Waals surface area contributed by atoms with Crippen LogP contribution in [0.2, 0.25) is 15.1 Å². The Morgan fingerprint density at radius 1 is 0.955 bits per heavy atom. The van der Waals surface area contributed by atoms with Crippen molar-refractivity contribution >= 4 is 40.5 Å². The third-order valence-corrected chi connectivity index (χ3v) is 5.52. The molecule has 2 aliphatic rings. The van der Waals surface area contributed by atoms with Crippen LogP contribution >= 0.6 is 34.8 Å². The Balaban J connectivity index is 1.84. The van der Waals surface area contributed by atoms with Gasteiger partial charge in [0.1, 0.15) is 0 Å². The molecule has 0 fully saturated rings. The van der Waals surface area contributed by atoms with Gasteiger partial charge in [-0.05, 0) is 41.7 Å². The molecular weight excluding hydrogens is 337 g/mol. The normalized spacial score (nSPS) is 25.5. The zero-order chi connectivity index (χ0) is 15.3. The number of halogens is 3. The Kier molecular flexibility index (Phi) is 3.60. The van der Waals surface area contributed by atoms with E-state index in [1.807, 2.05) is 24.3 Å². The maximum absolute atomic E-state index is 6.44. The third kappa shape index (κ3) is 2.23. The highest BCUT2D eigenvalue weighted by molar-refractivity contribution is 6.35. The molecule has 1 aliphatic carbocycles. The Morgan fingerprint density at radius 2 is 1.82 bits per heavy atom. The first-order valence-electron chi connectivity index (χ1n) is 7.31. The monoisotopic (exact) mass is 349 g/mol. The van der Waals surface area contributed by atoms with Crippen LogP contribution in [0.25, 0.3) is 0 Å². The van der Waals surface area contributed by atoms with E-state index < -0.39 is 0 Å². The molecule has 0 radical (unpaired) electrons. The third-order valence-electron chi connectivity index (χ3n) is 4.64. The van der Waals surface area contributed by atoms with Gasteiger partial charge < -0.3 is 5.32 Å². The van der Waals surface area contributed by atoms with Crippen molar-refractivity contribution in [3.05, 3.63) is 74.7 Å². The minimum atomic E-state index is 0.136. The lowest BCUT2D eigenvalue weighted by atomic mass is 9.77. The minimum Gasteiger partial charge on any atom is -0.376 e. The van der Waals surface area contributed by atoms with E-state index in [1.165, 1.54) is 5.56 Å². The van der Waals surface area contributed by atoms with Gasteiger partial charge in [0, 0.05) is 16.0 Å². The van der Waals surface area contributed by atoms with Crippen LogP contribution in [0, 0.1) is 5.92 Å². The van der Waals surface area contributed by atoms with Crippen LogP contribution in [-0.4, -0.2) is 0 Å². The van der Waals surface area contributed by atoms with Crippen molar-refractivity contribution in [2.45, 2.75) is 18.4 Å². The molecule has 0 bridgehead atoms. The largest absolute Gasteiger partial charge is 0.376 e. The van der Waals surface area contributed by atoms with Gasteiger partial charge >= 0.3 is 0 Å². The van der Waals surface area contributed by atoms with Crippen molar-refractivity contribution in [3.8, 4) is 0 Å². The van der Waals surface area contributed by atoms with Gasteiger partial charge in [-0.3, -0.25) is 0 Å². The minimum absolute atomic E-state index is 0.136. The van der Waals surface area contributed by atoms with Crippen LogP contribution in [-0.2, 0) is 0 Å². The predicted octanol–water partition coefficient (Wildman–Crippen LogP) is 6.47. The van der Waals surface area contributed by atoms with Gasteiger partial charge in [0.15, 0.2) is 0 Å². The van der Waals surface area contributed by atoms with Crippen LogP contribution in [0.15, 0.2) is 48.6 Å². The molecule has 1 N–H and O–H groups in total. The van der Waals surface area contributed by atoms with Crippen LogP contribution < -0.4 is 5.32 Å². The number of hydrogen-bond donors (Lipinski definition) is 1. The second-order valence-electron chi connectivity index (χ2n) is 5.85. The molecule has 0 saturated heterocycles. The number of benzene rings is 2. The number of hydrogen-bond acceptors (Lipinski definition) is 1. The Morgan fingerprint density at radius 3 is 2.64 bits per heavy atom. The van der Waals surface area contributed by atoms with Crippen molar-refractivity contribution < 1.29 is 0 Å². The van der Waals surface area contributed by atoms with Gasteiger partial charge in [-0.15, -0.1) is 0 Å². The number of fused-ring (bicyclic) bond motifs is 3. The van der Waals surface area contributed by atoms with E-state index in [9.17, 15) is 0 Å². The zero-order valence-corrected chi connectivity index (χ0v) is 14.0. The molecule has 112 valence electrons. The van der Waals surface area contributed by atoms with Crippen molar-refractivity contribution in [2.75, 3.05) is 5.32 Å². The van der Waals surface area contributed by atoms with E-state index in [0.29, 0.717) is 21.9 Å². The Labute approximate surface area is 144 Å². The SMILES string of the molecule is Clc1ccc([C@@H]2Nc3c(Cl)cccc3[C@@H]3C=CC[C@@H]32)c(Cl)c1. The molecule has 4 rings (SSSR count). The number of rotatable bonds is 1. The molecule has 3 atom stereocenters. The molecule has 0 saturated carbocycles. The lowest BCUT2D eigenvalue weighted by Crippen LogP contribution is -2.29. The van der Waals surface area contributed by atoms with Gasteiger partial charge in [-0.25, -0.2) is 0 Å². The second-order valence-corrected chi connectivity index (χ2v) is 7.10. The van der Waals surface area contributed by atoms with Gasteiger partial charge in [0.05, 0.1) is 16.8 Å². The molecule has 2 aromatic carbocycles. The summed E-state index contributed by atoms with van der Waals surface area (Å²) in [5, 5.41) is 5.73. The lowest BCUT2D eigenvalue weighted by Gasteiger charge is -2.38. The topological polar surface area (TPSA) is 12.0 Å². The summed E-state index contributed by atoms with van der Waals surface area (Å²) in [4.78, 5) is 0. The molecule has 1 aliphatic heterocycles. The van der Waals surface area contributed by atoms with E-state index in [2.05, 4.69) is 23.5 Å². The summed E-state index contributed by atoms with van der Waals surface area (Å²) in [5.41, 5.74) is 3.37. The predicted molar refractivity (Wildman–Crippen MR) is 94.3 cm³/mol. The molecule has 0 unspecified atom stereocenters. The Hall–Kier alpha value is -1.15. The standard InChI is InChI=1S/C18H14Cl3N/c19-10-7-8-14(16(21)9-10)17-12-4-1-3-11(12)13-5-2-6-15(20)18(13)22-17/h1-3,5-9,11-12,17,22H,4H2/t11-,12+,17-/m1/s1. The fourth-order valence-electron chi connectivity index (χ4n) is 3.64. The summed E-state index contributed by atoms with van der Waals surface area (Å²) in [6.07, 6.45) is 5.58. The van der Waals surface area contributed by atoms with Crippen molar-refractivity contribution in [2.24, 2.45) is 5.92 Å². The smallest absolute Gasteiger partial charge is 0.0640 e. The molecular formula is C18H14Cl3N. The fourth-order valence-corrected chi connectivity index (χ4v) is 4.41. The van der Waals surface area contributed by atoms with Gasteiger partial charge in [0.2, 0.25) is 0 Å². The highest BCUT2D eigenvalue weighted by atomic mass is 35.5. The molecule has 22 heavy (non-hydrogen) atoms. The average molecular weight is 351 g/mol. The maximum atomic E-state index is 6.44. The molecule has 0 spiro atoms. The summed E-state index contributed by atoms with van der Waals surface area (Å²) in [7, 11) is 0. The van der Waals surface area contributed by atoms with Crippen LogP contribution in [0.5, 0.6) is 0 Å². The van der Waals surface area contributed by atoms with Crippen LogP contribution in [0.3, 0.4) is 0 Å². The van der Waals surface area contributed by atoms with E-state index in [1.54, 1.807) is 6.07 Å². The van der Waals surface area contributed by atoms with Crippen molar-refractivity contribution in [3.63, 3.8) is 0 Å². The summed E-state index contributed by atoms with van der Waals surface area (Å²) >= 11 is 18.9. The van der Waals surface area contributed by atoms with E-state index in [4.69, 9.17) is 34.8 Å². The maximum Gasteiger partial charge on any atom is 0.0640 e. The Bertz CT molecular complexity index is 769. The van der Waals surface area contributed by atoms with Crippen LogP contribution in [0.4, 0.5) is 5.69 Å². The fraction of sp³-hybridized carbons (Fsp3) is 0.222. The van der Waals surface area contributed by atoms with E-state index >= 15 is 0 Å².